The first kappa shape index (κ1) is 13.7. The van der Waals surface area contributed by atoms with E-state index in [9.17, 15) is 9.59 Å². The fourth-order valence-corrected chi connectivity index (χ4v) is 2.95. The molecule has 0 aliphatic carbocycles. The lowest BCUT2D eigenvalue weighted by Gasteiger charge is -2.35. The van der Waals surface area contributed by atoms with Gasteiger partial charge in [0.15, 0.2) is 6.04 Å². The zero-order valence-electron chi connectivity index (χ0n) is 12.0. The van der Waals surface area contributed by atoms with Crippen LogP contribution in [0.3, 0.4) is 0 Å². The molecule has 3 rings (SSSR count). The molecule has 0 bridgehead atoms. The zero-order valence-corrected chi connectivity index (χ0v) is 12.0. The molecule has 0 spiro atoms. The SMILES string of the molecule is CCOC(=O)[C@@H]1c2cc(OC)ccc2C[C@H]2COC(=O)N21. The van der Waals surface area contributed by atoms with E-state index in [1.54, 1.807) is 20.1 Å². The van der Waals surface area contributed by atoms with E-state index in [0.29, 0.717) is 18.8 Å². The molecule has 0 unspecified atom stereocenters. The molecule has 2 aliphatic heterocycles. The molecule has 0 radical (unpaired) electrons. The van der Waals surface area contributed by atoms with Crippen LogP contribution in [0.15, 0.2) is 18.2 Å². The van der Waals surface area contributed by atoms with Gasteiger partial charge in [0.05, 0.1) is 19.8 Å². The molecule has 1 fully saturated rings. The van der Waals surface area contributed by atoms with E-state index in [2.05, 4.69) is 0 Å². The van der Waals surface area contributed by atoms with Crippen molar-refractivity contribution in [1.29, 1.82) is 0 Å². The molecule has 6 heteroatoms. The summed E-state index contributed by atoms with van der Waals surface area (Å²) in [4.78, 5) is 25.8. The molecule has 2 aliphatic rings. The van der Waals surface area contributed by atoms with Crippen LogP contribution in [0.25, 0.3) is 0 Å². The van der Waals surface area contributed by atoms with Gasteiger partial charge in [-0.25, -0.2) is 9.59 Å². The van der Waals surface area contributed by atoms with Gasteiger partial charge in [0.25, 0.3) is 0 Å². The highest BCUT2D eigenvalue weighted by Gasteiger charge is 2.47. The summed E-state index contributed by atoms with van der Waals surface area (Å²) in [7, 11) is 1.57. The van der Waals surface area contributed by atoms with Gasteiger partial charge in [-0.1, -0.05) is 6.07 Å². The van der Waals surface area contributed by atoms with Crippen molar-refractivity contribution in [1.82, 2.24) is 4.90 Å². The molecule has 112 valence electrons. The summed E-state index contributed by atoms with van der Waals surface area (Å²) in [6.07, 6.45) is 0.201. The van der Waals surface area contributed by atoms with Crippen molar-refractivity contribution in [3.8, 4) is 5.75 Å². The molecular weight excluding hydrogens is 274 g/mol. The van der Waals surface area contributed by atoms with Crippen LogP contribution in [0.1, 0.15) is 24.1 Å². The number of nitrogens with zero attached hydrogens (tertiary/aromatic N) is 1. The number of hydrogen-bond donors (Lipinski definition) is 0. The van der Waals surface area contributed by atoms with Crippen LogP contribution in [0.4, 0.5) is 4.79 Å². The molecule has 6 nitrogen and oxygen atoms in total. The molecule has 1 amide bonds. The van der Waals surface area contributed by atoms with Gasteiger partial charge < -0.3 is 14.2 Å². The molecule has 2 atom stereocenters. The maximum Gasteiger partial charge on any atom is 0.411 e. The Morgan fingerprint density at radius 1 is 1.48 bits per heavy atom. The van der Waals surface area contributed by atoms with Gasteiger partial charge in [0.1, 0.15) is 12.4 Å². The van der Waals surface area contributed by atoms with Gasteiger partial charge in [0.2, 0.25) is 0 Å². The normalized spacial score (nSPS) is 23.1. The van der Waals surface area contributed by atoms with Crippen molar-refractivity contribution in [3.05, 3.63) is 29.3 Å². The number of methoxy groups -OCH3 is 1. The smallest absolute Gasteiger partial charge is 0.411 e. The Morgan fingerprint density at radius 2 is 2.29 bits per heavy atom. The summed E-state index contributed by atoms with van der Waals surface area (Å²) in [5.41, 5.74) is 1.77. The van der Waals surface area contributed by atoms with Crippen LogP contribution in [0, 0.1) is 0 Å². The lowest BCUT2D eigenvalue weighted by molar-refractivity contribution is -0.149. The van der Waals surface area contributed by atoms with Crippen molar-refractivity contribution in [2.24, 2.45) is 0 Å². The van der Waals surface area contributed by atoms with Crippen molar-refractivity contribution in [3.63, 3.8) is 0 Å². The fourth-order valence-electron chi connectivity index (χ4n) is 2.95. The average Bonchev–Trinajstić information content (AvgIpc) is 2.85. The third-order valence-electron chi connectivity index (χ3n) is 3.89. The quantitative estimate of drug-likeness (QED) is 0.793. The molecular formula is C15H17NO5. The number of amides is 1. The van der Waals surface area contributed by atoms with E-state index in [1.807, 2.05) is 12.1 Å². The number of benzene rings is 1. The van der Waals surface area contributed by atoms with Crippen LogP contribution >= 0.6 is 0 Å². The number of hydrogen-bond acceptors (Lipinski definition) is 5. The highest BCUT2D eigenvalue weighted by molar-refractivity contribution is 5.85. The molecule has 1 aromatic carbocycles. The van der Waals surface area contributed by atoms with Crippen LogP contribution in [-0.4, -0.2) is 43.3 Å². The molecule has 21 heavy (non-hydrogen) atoms. The van der Waals surface area contributed by atoms with E-state index in [1.165, 1.54) is 4.90 Å². The lowest BCUT2D eigenvalue weighted by atomic mass is 9.89. The Bertz CT molecular complexity index is 585. The standard InChI is InChI=1S/C15H17NO5/c1-3-20-14(17)13-12-7-11(19-2)5-4-9(12)6-10-8-21-15(18)16(10)13/h4-5,7,10,13H,3,6,8H2,1-2H3/t10-,13-/m0/s1. The maximum absolute atomic E-state index is 12.3. The summed E-state index contributed by atoms with van der Waals surface area (Å²) in [5.74, 6) is 0.213. The second kappa shape index (κ2) is 5.27. The second-order valence-corrected chi connectivity index (χ2v) is 5.06. The van der Waals surface area contributed by atoms with Gasteiger partial charge in [-0.2, -0.15) is 0 Å². The summed E-state index contributed by atoms with van der Waals surface area (Å²) in [5, 5.41) is 0. The third-order valence-corrected chi connectivity index (χ3v) is 3.89. The first-order valence-electron chi connectivity index (χ1n) is 6.94. The number of carbonyl (C=O) groups is 2. The molecule has 1 saturated heterocycles. The third kappa shape index (κ3) is 2.20. The fraction of sp³-hybridized carbons (Fsp3) is 0.467. The van der Waals surface area contributed by atoms with E-state index < -0.39 is 18.1 Å². The molecule has 0 aromatic heterocycles. The van der Waals surface area contributed by atoms with Crippen LogP contribution in [-0.2, 0) is 20.7 Å². The van der Waals surface area contributed by atoms with E-state index >= 15 is 0 Å². The number of esters is 1. The molecule has 0 saturated carbocycles. The van der Waals surface area contributed by atoms with E-state index in [0.717, 1.165) is 11.1 Å². The average molecular weight is 291 g/mol. The molecule has 0 N–H and O–H groups in total. The zero-order chi connectivity index (χ0) is 15.0. The number of carbonyl (C=O) groups excluding carboxylic acids is 2. The van der Waals surface area contributed by atoms with E-state index in [4.69, 9.17) is 14.2 Å². The van der Waals surface area contributed by atoms with Crippen LogP contribution in [0.2, 0.25) is 0 Å². The summed E-state index contributed by atoms with van der Waals surface area (Å²) >= 11 is 0. The van der Waals surface area contributed by atoms with Crippen LogP contribution < -0.4 is 4.74 Å². The van der Waals surface area contributed by atoms with Gasteiger partial charge in [-0.3, -0.25) is 4.90 Å². The Kier molecular flexibility index (Phi) is 3.45. The Balaban J connectivity index is 2.07. The lowest BCUT2D eigenvalue weighted by Crippen LogP contribution is -2.46. The van der Waals surface area contributed by atoms with Crippen molar-refractivity contribution in [2.45, 2.75) is 25.4 Å². The van der Waals surface area contributed by atoms with Gasteiger partial charge >= 0.3 is 12.1 Å². The minimum atomic E-state index is -0.760. The Hall–Kier alpha value is -2.24. The van der Waals surface area contributed by atoms with Gasteiger partial charge in [0, 0.05) is 0 Å². The van der Waals surface area contributed by atoms with Crippen molar-refractivity contribution >= 4 is 12.1 Å². The molecule has 2 heterocycles. The predicted molar refractivity (Wildman–Crippen MR) is 73.0 cm³/mol. The second-order valence-electron chi connectivity index (χ2n) is 5.06. The Labute approximate surface area is 122 Å². The minimum absolute atomic E-state index is 0.118. The van der Waals surface area contributed by atoms with Crippen molar-refractivity contribution in [2.75, 3.05) is 20.3 Å². The first-order chi connectivity index (χ1) is 10.2. The summed E-state index contributed by atoms with van der Waals surface area (Å²) in [6.45, 7) is 2.31. The Morgan fingerprint density at radius 3 is 3.00 bits per heavy atom. The number of cyclic esters (lactones) is 1. The van der Waals surface area contributed by atoms with Crippen molar-refractivity contribution < 1.29 is 23.8 Å². The topological polar surface area (TPSA) is 65.1 Å². The van der Waals surface area contributed by atoms with E-state index in [-0.39, 0.29) is 12.6 Å². The molecule has 1 aromatic rings. The number of fused-ring (bicyclic) bond motifs is 2. The monoisotopic (exact) mass is 291 g/mol. The summed E-state index contributed by atoms with van der Waals surface area (Å²) < 4.78 is 15.5. The van der Waals surface area contributed by atoms with Crippen LogP contribution in [0.5, 0.6) is 5.75 Å². The highest BCUT2D eigenvalue weighted by atomic mass is 16.6. The van der Waals surface area contributed by atoms with Gasteiger partial charge in [-0.05, 0) is 36.6 Å². The minimum Gasteiger partial charge on any atom is -0.497 e. The maximum atomic E-state index is 12.3. The highest BCUT2D eigenvalue weighted by Crippen LogP contribution is 2.38. The predicted octanol–water partition coefficient (Wildman–Crippen LogP) is 1.68. The number of rotatable bonds is 3. The number of ether oxygens (including phenoxy) is 3. The first-order valence-corrected chi connectivity index (χ1v) is 6.94. The summed E-state index contributed by atoms with van der Waals surface area (Å²) in [6, 6.07) is 4.70. The van der Waals surface area contributed by atoms with Gasteiger partial charge in [-0.15, -0.1) is 0 Å². The largest absolute Gasteiger partial charge is 0.497 e.